The minimum absolute atomic E-state index is 0.0649. The third kappa shape index (κ3) is 2.93. The highest BCUT2D eigenvalue weighted by atomic mass is 16.7. The molecule has 7 nitrogen and oxygen atoms in total. The van der Waals surface area contributed by atoms with Gasteiger partial charge in [0.25, 0.3) is 6.04 Å². The molecule has 122 valence electrons. The lowest BCUT2D eigenvalue weighted by molar-refractivity contribution is -0.556. The number of ether oxygens (including phenoxy) is 1. The Bertz CT molecular complexity index is 698. The van der Waals surface area contributed by atoms with E-state index in [9.17, 15) is 15.2 Å². The van der Waals surface area contributed by atoms with Crippen LogP contribution in [-0.2, 0) is 4.74 Å². The summed E-state index contributed by atoms with van der Waals surface area (Å²) in [4.78, 5) is 11.3. The van der Waals surface area contributed by atoms with Crippen molar-refractivity contribution in [2.45, 2.75) is 37.2 Å². The lowest BCUT2D eigenvalue weighted by Crippen LogP contribution is -2.48. The molecule has 0 spiro atoms. The van der Waals surface area contributed by atoms with Gasteiger partial charge in [0.2, 0.25) is 0 Å². The van der Waals surface area contributed by atoms with E-state index in [4.69, 9.17) is 14.9 Å². The maximum absolute atomic E-state index is 11.7. The fraction of sp³-hybridized carbons (Fsp3) is 0.375. The molecular formula is C16H18N2O5. The van der Waals surface area contributed by atoms with Gasteiger partial charge in [-0.25, -0.2) is 0 Å². The van der Waals surface area contributed by atoms with Crippen LogP contribution in [0.25, 0.3) is 0 Å². The van der Waals surface area contributed by atoms with Crippen molar-refractivity contribution < 1.29 is 19.2 Å². The number of hydrogen-bond donors (Lipinski definition) is 2. The van der Waals surface area contributed by atoms with E-state index in [1.807, 2.05) is 0 Å². The maximum Gasteiger partial charge on any atom is 0.253 e. The number of nitrogens with zero attached hydrogens (tertiary/aromatic N) is 1. The first-order chi connectivity index (χ1) is 10.9. The van der Waals surface area contributed by atoms with Crippen molar-refractivity contribution in [3.05, 3.63) is 64.1 Å². The lowest BCUT2D eigenvalue weighted by Gasteiger charge is -2.40. The molecule has 1 aromatic heterocycles. The van der Waals surface area contributed by atoms with Gasteiger partial charge in [-0.15, -0.1) is 0 Å². The number of para-hydroxylation sites is 1. The second kappa shape index (κ2) is 5.68. The summed E-state index contributed by atoms with van der Waals surface area (Å²) in [5, 5.41) is 22.2. The van der Waals surface area contributed by atoms with Crippen LogP contribution in [-0.4, -0.2) is 21.9 Å². The van der Waals surface area contributed by atoms with Gasteiger partial charge in [-0.2, -0.15) is 0 Å². The molecule has 2 aromatic rings. The number of rotatable bonds is 3. The van der Waals surface area contributed by atoms with E-state index in [-0.39, 0.29) is 11.3 Å². The summed E-state index contributed by atoms with van der Waals surface area (Å²) in [6.45, 7) is 1.49. The van der Waals surface area contributed by atoms with Crippen LogP contribution in [0.1, 0.15) is 36.7 Å². The first kappa shape index (κ1) is 15.5. The Kier molecular flexibility index (Phi) is 3.83. The number of nitrogen functional groups attached to an aromatic ring is 1. The molecule has 0 bridgehead atoms. The van der Waals surface area contributed by atoms with E-state index in [0.717, 1.165) is 0 Å². The fourth-order valence-electron chi connectivity index (χ4n) is 3.18. The summed E-state index contributed by atoms with van der Waals surface area (Å²) in [6, 6.07) is 9.04. The molecule has 1 aromatic carbocycles. The zero-order valence-corrected chi connectivity index (χ0v) is 12.6. The molecule has 2 heterocycles. The molecule has 3 rings (SSSR count). The van der Waals surface area contributed by atoms with Crippen LogP contribution in [0, 0.1) is 10.1 Å². The Balaban J connectivity index is 2.09. The van der Waals surface area contributed by atoms with E-state index >= 15 is 0 Å². The van der Waals surface area contributed by atoms with Gasteiger partial charge in [0.1, 0.15) is 5.76 Å². The second-order valence-electron chi connectivity index (χ2n) is 5.94. The van der Waals surface area contributed by atoms with Gasteiger partial charge in [-0.3, -0.25) is 10.1 Å². The summed E-state index contributed by atoms with van der Waals surface area (Å²) >= 11 is 0. The van der Waals surface area contributed by atoms with Crippen molar-refractivity contribution >= 4 is 5.69 Å². The van der Waals surface area contributed by atoms with Gasteiger partial charge in [0, 0.05) is 22.6 Å². The highest BCUT2D eigenvalue weighted by molar-refractivity contribution is 5.48. The summed E-state index contributed by atoms with van der Waals surface area (Å²) in [6.07, 6.45) is 0.558. The number of nitro groups is 1. The van der Waals surface area contributed by atoms with Crippen molar-refractivity contribution in [2.75, 3.05) is 5.73 Å². The quantitative estimate of drug-likeness (QED) is 0.511. The van der Waals surface area contributed by atoms with Crippen molar-refractivity contribution in [3.8, 4) is 0 Å². The summed E-state index contributed by atoms with van der Waals surface area (Å²) in [7, 11) is 0. The van der Waals surface area contributed by atoms with Crippen molar-refractivity contribution in [1.82, 2.24) is 0 Å². The zero-order chi connectivity index (χ0) is 16.6. The first-order valence-electron chi connectivity index (χ1n) is 7.30. The van der Waals surface area contributed by atoms with E-state index < -0.39 is 23.9 Å². The van der Waals surface area contributed by atoms with Crippen molar-refractivity contribution in [3.63, 3.8) is 0 Å². The number of hydrogen-bond acceptors (Lipinski definition) is 6. The number of nitrogens with two attached hydrogens (primary N) is 1. The van der Waals surface area contributed by atoms with Crippen molar-refractivity contribution in [2.24, 2.45) is 0 Å². The van der Waals surface area contributed by atoms with Crippen molar-refractivity contribution in [1.29, 1.82) is 0 Å². The molecule has 1 aliphatic rings. The van der Waals surface area contributed by atoms with Gasteiger partial charge in [-0.1, -0.05) is 18.2 Å². The van der Waals surface area contributed by atoms with Gasteiger partial charge >= 0.3 is 0 Å². The monoisotopic (exact) mass is 318 g/mol. The van der Waals surface area contributed by atoms with Crippen LogP contribution in [0.2, 0.25) is 0 Å². The lowest BCUT2D eigenvalue weighted by atomic mass is 9.81. The molecule has 0 saturated carbocycles. The molecule has 1 saturated heterocycles. The topological polar surface area (TPSA) is 112 Å². The van der Waals surface area contributed by atoms with Crippen LogP contribution in [0.4, 0.5) is 5.69 Å². The van der Waals surface area contributed by atoms with Crippen LogP contribution in [0.3, 0.4) is 0 Å². The van der Waals surface area contributed by atoms with E-state index in [1.54, 1.807) is 36.4 Å². The molecule has 0 amide bonds. The highest BCUT2D eigenvalue weighted by Crippen LogP contribution is 2.46. The van der Waals surface area contributed by atoms with Gasteiger partial charge < -0.3 is 20.0 Å². The number of anilines is 1. The molecular weight excluding hydrogens is 300 g/mol. The normalized spacial score (nSPS) is 31.0. The smallest absolute Gasteiger partial charge is 0.253 e. The molecule has 1 unspecified atom stereocenters. The van der Waals surface area contributed by atoms with Gasteiger partial charge in [0.15, 0.2) is 11.9 Å². The average Bonchev–Trinajstić information content (AvgIpc) is 2.99. The molecule has 23 heavy (non-hydrogen) atoms. The third-order valence-electron chi connectivity index (χ3n) is 4.16. The summed E-state index contributed by atoms with van der Waals surface area (Å²) in [5.74, 6) is -1.68. The van der Waals surface area contributed by atoms with Crippen LogP contribution >= 0.6 is 0 Å². The highest BCUT2D eigenvalue weighted by Gasteiger charge is 2.53. The predicted octanol–water partition coefficient (Wildman–Crippen LogP) is 2.46. The maximum atomic E-state index is 11.7. The number of furan rings is 1. The molecule has 4 atom stereocenters. The first-order valence-corrected chi connectivity index (χ1v) is 7.30. The third-order valence-corrected chi connectivity index (χ3v) is 4.16. The fourth-order valence-corrected chi connectivity index (χ4v) is 3.18. The Morgan fingerprint density at radius 2 is 2.09 bits per heavy atom. The van der Waals surface area contributed by atoms with Crippen LogP contribution in [0.5, 0.6) is 0 Å². The SMILES string of the molecule is CC1(O)C[C@@H](c2ccco2)[C@H]([N+](=O)[O-])[C@@H](c2ccccc2N)O1. The molecule has 0 radical (unpaired) electrons. The average molecular weight is 318 g/mol. The number of aliphatic hydroxyl groups is 1. The van der Waals surface area contributed by atoms with E-state index in [1.165, 1.54) is 13.2 Å². The predicted molar refractivity (Wildman–Crippen MR) is 82.2 cm³/mol. The molecule has 7 heteroatoms. The summed E-state index contributed by atoms with van der Waals surface area (Å²) in [5.41, 5.74) is 6.84. The van der Waals surface area contributed by atoms with E-state index in [2.05, 4.69) is 0 Å². The van der Waals surface area contributed by atoms with Gasteiger partial charge in [-0.05, 0) is 25.1 Å². The molecule has 1 fully saturated rings. The Morgan fingerprint density at radius 3 is 2.70 bits per heavy atom. The molecule has 0 aliphatic carbocycles. The largest absolute Gasteiger partial charge is 0.469 e. The van der Waals surface area contributed by atoms with E-state index in [0.29, 0.717) is 17.0 Å². The van der Waals surface area contributed by atoms with Crippen LogP contribution in [0.15, 0.2) is 47.1 Å². The Hall–Kier alpha value is -2.38. The summed E-state index contributed by atoms with van der Waals surface area (Å²) < 4.78 is 11.0. The number of benzene rings is 1. The Labute approximate surface area is 132 Å². The van der Waals surface area contributed by atoms with Crippen LogP contribution < -0.4 is 5.73 Å². The standard InChI is InChI=1S/C16H18N2O5/c1-16(19)9-11(13-7-4-8-22-13)14(18(20)21)15(23-16)10-5-2-3-6-12(10)17/h2-8,11,14-15,19H,9,17H2,1H3/t11-,14-,15+,16?/m0/s1. The minimum atomic E-state index is -1.52. The molecule has 1 aliphatic heterocycles. The minimum Gasteiger partial charge on any atom is -0.469 e. The van der Waals surface area contributed by atoms with Gasteiger partial charge in [0.05, 0.1) is 12.2 Å². The zero-order valence-electron chi connectivity index (χ0n) is 12.6. The Morgan fingerprint density at radius 1 is 1.35 bits per heavy atom. The second-order valence-corrected chi connectivity index (χ2v) is 5.94. The molecule has 3 N–H and O–H groups in total.